The first-order chi connectivity index (χ1) is 11.2. The van der Waals surface area contributed by atoms with Crippen molar-refractivity contribution in [3.63, 3.8) is 0 Å². The van der Waals surface area contributed by atoms with Crippen LogP contribution in [-0.2, 0) is 17.8 Å². The van der Waals surface area contributed by atoms with E-state index in [0.29, 0.717) is 12.5 Å². The minimum absolute atomic E-state index is 0.160. The lowest BCUT2D eigenvalue weighted by atomic mass is 10.0. The van der Waals surface area contributed by atoms with Crippen LogP contribution in [0.2, 0.25) is 0 Å². The summed E-state index contributed by atoms with van der Waals surface area (Å²) in [5.74, 6) is 1.71. The molecule has 1 unspecified atom stereocenters. The van der Waals surface area contributed by atoms with E-state index in [1.165, 1.54) is 23.3 Å². The topological polar surface area (TPSA) is 47.9 Å². The van der Waals surface area contributed by atoms with Crippen molar-refractivity contribution in [2.75, 3.05) is 33.2 Å². The number of carbonyl (C=O) groups is 1. The van der Waals surface area contributed by atoms with Gasteiger partial charge in [-0.3, -0.25) is 9.79 Å². The number of amides is 1. The predicted molar refractivity (Wildman–Crippen MR) is 94.8 cm³/mol. The van der Waals surface area contributed by atoms with Crippen LogP contribution in [0.5, 0.6) is 0 Å². The number of hydrogen-bond acceptors (Lipinski definition) is 3. The van der Waals surface area contributed by atoms with Gasteiger partial charge >= 0.3 is 0 Å². The average Bonchev–Trinajstić information content (AvgIpc) is 3.03. The molecular weight excluding hydrogens is 308 g/mol. The zero-order valence-corrected chi connectivity index (χ0v) is 14.9. The first-order valence-corrected chi connectivity index (χ1v) is 9.34. The Morgan fingerprint density at radius 1 is 1.43 bits per heavy atom. The normalized spacial score (nSPS) is 22.0. The van der Waals surface area contributed by atoms with Crippen LogP contribution in [0.1, 0.15) is 30.2 Å². The molecule has 1 saturated heterocycles. The summed E-state index contributed by atoms with van der Waals surface area (Å²) in [7, 11) is 1.80. The molecule has 1 amide bonds. The highest BCUT2D eigenvalue weighted by molar-refractivity contribution is 7.10. The molecule has 0 radical (unpaired) electrons. The number of aliphatic imine (C=N–C) groups is 1. The van der Waals surface area contributed by atoms with E-state index in [1.807, 2.05) is 4.90 Å². The lowest BCUT2D eigenvalue weighted by Crippen LogP contribution is -2.49. The van der Waals surface area contributed by atoms with E-state index in [0.717, 1.165) is 38.6 Å². The maximum absolute atomic E-state index is 12.5. The van der Waals surface area contributed by atoms with E-state index in [9.17, 15) is 4.79 Å². The highest BCUT2D eigenvalue weighted by atomic mass is 32.1. The highest BCUT2D eigenvalue weighted by Gasteiger charge is 2.23. The number of carbonyl (C=O) groups excluding carboxylic acids is 1. The largest absolute Gasteiger partial charge is 0.347 e. The van der Waals surface area contributed by atoms with Gasteiger partial charge in [-0.1, -0.05) is 6.92 Å². The van der Waals surface area contributed by atoms with E-state index in [4.69, 9.17) is 0 Å². The molecule has 3 rings (SSSR count). The Hall–Kier alpha value is -1.56. The minimum atomic E-state index is 0.160. The van der Waals surface area contributed by atoms with Gasteiger partial charge in [-0.25, -0.2) is 0 Å². The lowest BCUT2D eigenvalue weighted by Gasteiger charge is -2.34. The fraction of sp³-hybridized carbons (Fsp3) is 0.647. The van der Waals surface area contributed by atoms with E-state index in [1.54, 1.807) is 18.4 Å². The summed E-state index contributed by atoms with van der Waals surface area (Å²) in [5.41, 5.74) is 1.31. The Kier molecular flexibility index (Phi) is 5.20. The second-order valence-electron chi connectivity index (χ2n) is 6.53. The molecule has 6 heteroatoms. The average molecular weight is 334 g/mol. The van der Waals surface area contributed by atoms with Crippen LogP contribution in [-0.4, -0.2) is 54.9 Å². The van der Waals surface area contributed by atoms with E-state index >= 15 is 0 Å². The summed E-state index contributed by atoms with van der Waals surface area (Å²) in [4.78, 5) is 22.5. The fourth-order valence-corrected chi connectivity index (χ4v) is 4.33. The molecule has 1 aromatic heterocycles. The SMILES string of the molecule is CN=C(NCC(=O)N1CCc2sccc2C1)N1CCCC(C)C1. The lowest BCUT2D eigenvalue weighted by molar-refractivity contribution is -0.130. The second kappa shape index (κ2) is 7.34. The number of fused-ring (bicyclic) bond motifs is 1. The van der Waals surface area contributed by atoms with Crippen molar-refractivity contribution >= 4 is 23.2 Å². The molecule has 1 aromatic rings. The van der Waals surface area contributed by atoms with Crippen molar-refractivity contribution in [3.05, 3.63) is 21.9 Å². The molecule has 1 N–H and O–H groups in total. The molecule has 0 aromatic carbocycles. The summed E-state index contributed by atoms with van der Waals surface area (Å²) < 4.78 is 0. The number of nitrogens with one attached hydrogen (secondary N) is 1. The first kappa shape index (κ1) is 16.3. The van der Waals surface area contributed by atoms with Crippen LogP contribution in [0.25, 0.3) is 0 Å². The molecule has 5 nitrogen and oxygen atoms in total. The van der Waals surface area contributed by atoms with E-state index in [-0.39, 0.29) is 5.91 Å². The van der Waals surface area contributed by atoms with Gasteiger partial charge in [-0.2, -0.15) is 0 Å². The molecule has 3 heterocycles. The van der Waals surface area contributed by atoms with Gasteiger partial charge in [-0.05, 0) is 42.2 Å². The van der Waals surface area contributed by atoms with Crippen molar-refractivity contribution < 1.29 is 4.79 Å². The Balaban J connectivity index is 1.52. The molecule has 23 heavy (non-hydrogen) atoms. The van der Waals surface area contributed by atoms with Gasteiger partial charge in [0, 0.05) is 38.1 Å². The maximum Gasteiger partial charge on any atom is 0.242 e. The Labute approximate surface area is 142 Å². The predicted octanol–water partition coefficient (Wildman–Crippen LogP) is 1.94. The molecule has 1 fully saturated rings. The van der Waals surface area contributed by atoms with Crippen LogP contribution in [0.15, 0.2) is 16.4 Å². The van der Waals surface area contributed by atoms with Crippen molar-refractivity contribution in [1.29, 1.82) is 0 Å². The van der Waals surface area contributed by atoms with Gasteiger partial charge in [0.05, 0.1) is 6.54 Å². The maximum atomic E-state index is 12.5. The van der Waals surface area contributed by atoms with Gasteiger partial charge in [0.15, 0.2) is 5.96 Å². The van der Waals surface area contributed by atoms with Gasteiger partial charge in [0.2, 0.25) is 5.91 Å². The van der Waals surface area contributed by atoms with Gasteiger partial charge < -0.3 is 15.1 Å². The molecule has 0 bridgehead atoms. The Morgan fingerprint density at radius 2 is 2.30 bits per heavy atom. The third-order valence-electron chi connectivity index (χ3n) is 4.73. The monoisotopic (exact) mass is 334 g/mol. The Bertz CT molecular complexity index is 583. The van der Waals surface area contributed by atoms with Crippen molar-refractivity contribution in [2.24, 2.45) is 10.9 Å². The van der Waals surface area contributed by atoms with Gasteiger partial charge in [-0.15, -0.1) is 11.3 Å². The molecule has 1 atom stereocenters. The van der Waals surface area contributed by atoms with Crippen LogP contribution in [0.3, 0.4) is 0 Å². The molecule has 0 aliphatic carbocycles. The highest BCUT2D eigenvalue weighted by Crippen LogP contribution is 2.23. The molecule has 2 aliphatic heterocycles. The van der Waals surface area contributed by atoms with Crippen molar-refractivity contribution in [2.45, 2.75) is 32.7 Å². The minimum Gasteiger partial charge on any atom is -0.347 e. The summed E-state index contributed by atoms with van der Waals surface area (Å²) in [6, 6.07) is 2.14. The number of thiophene rings is 1. The van der Waals surface area contributed by atoms with Crippen molar-refractivity contribution in [3.8, 4) is 0 Å². The van der Waals surface area contributed by atoms with Gasteiger partial charge in [0.25, 0.3) is 0 Å². The summed E-state index contributed by atoms with van der Waals surface area (Å²) in [6.45, 7) is 6.23. The standard InChI is InChI=1S/C17H26N4OS/c1-13-4-3-7-21(11-13)17(18-2)19-10-16(22)20-8-5-15-14(12-20)6-9-23-15/h6,9,13H,3-5,7-8,10-12H2,1-2H3,(H,18,19). The quantitative estimate of drug-likeness (QED) is 0.664. The molecular formula is C17H26N4OS. The van der Waals surface area contributed by atoms with Crippen LogP contribution in [0, 0.1) is 5.92 Å². The number of guanidine groups is 1. The summed E-state index contributed by atoms with van der Waals surface area (Å²) in [6.07, 6.45) is 3.46. The number of likely N-dealkylation sites (tertiary alicyclic amines) is 1. The summed E-state index contributed by atoms with van der Waals surface area (Å²) >= 11 is 1.80. The van der Waals surface area contributed by atoms with Crippen LogP contribution in [0.4, 0.5) is 0 Å². The number of piperidine rings is 1. The Morgan fingerprint density at radius 3 is 3.09 bits per heavy atom. The van der Waals surface area contributed by atoms with Gasteiger partial charge in [0.1, 0.15) is 0 Å². The third kappa shape index (κ3) is 3.86. The molecule has 0 saturated carbocycles. The number of nitrogens with zero attached hydrogens (tertiary/aromatic N) is 3. The van der Waals surface area contributed by atoms with Crippen molar-refractivity contribution in [1.82, 2.24) is 15.1 Å². The third-order valence-corrected chi connectivity index (χ3v) is 5.75. The molecule has 126 valence electrons. The smallest absolute Gasteiger partial charge is 0.242 e. The van der Waals surface area contributed by atoms with Crippen LogP contribution >= 0.6 is 11.3 Å². The van der Waals surface area contributed by atoms with E-state index < -0.39 is 0 Å². The fourth-order valence-electron chi connectivity index (χ4n) is 3.44. The number of rotatable bonds is 2. The number of hydrogen-bond donors (Lipinski definition) is 1. The first-order valence-electron chi connectivity index (χ1n) is 8.46. The zero-order valence-electron chi connectivity index (χ0n) is 14.0. The molecule has 2 aliphatic rings. The van der Waals surface area contributed by atoms with E-state index in [2.05, 4.69) is 33.6 Å². The van der Waals surface area contributed by atoms with Crippen LogP contribution < -0.4 is 5.32 Å². The second-order valence-corrected chi connectivity index (χ2v) is 7.53. The zero-order chi connectivity index (χ0) is 16.2. The molecule has 0 spiro atoms. The summed E-state index contributed by atoms with van der Waals surface area (Å²) in [5, 5.41) is 5.38.